The molecule has 0 radical (unpaired) electrons. The smallest absolute Gasteiger partial charge is 0.251 e. The lowest BCUT2D eigenvalue weighted by atomic mass is 10.1. The number of amides is 1. The minimum atomic E-state index is -0.288. The Morgan fingerprint density at radius 1 is 1.47 bits per heavy atom. The first-order valence-corrected chi connectivity index (χ1v) is 6.52. The maximum absolute atomic E-state index is 13.1. The molecule has 1 amide bonds. The van der Waals surface area contributed by atoms with Gasteiger partial charge < -0.3 is 5.32 Å². The Hall–Kier alpha value is -0.900. The van der Waals surface area contributed by atoms with E-state index in [0.717, 1.165) is 6.42 Å². The Kier molecular flexibility index (Phi) is 5.12. The van der Waals surface area contributed by atoms with Crippen molar-refractivity contribution in [2.45, 2.75) is 38.1 Å². The number of rotatable bonds is 4. The van der Waals surface area contributed by atoms with Crippen molar-refractivity contribution in [3.63, 3.8) is 0 Å². The first-order chi connectivity index (χ1) is 7.90. The number of aryl methyl sites for hydroxylation is 1. The highest BCUT2D eigenvalue weighted by atomic mass is 79.9. The first kappa shape index (κ1) is 14.2. The van der Waals surface area contributed by atoms with Crippen molar-refractivity contribution in [2.24, 2.45) is 0 Å². The maximum atomic E-state index is 13.1. The highest BCUT2D eigenvalue weighted by Crippen LogP contribution is 2.11. The first-order valence-electron chi connectivity index (χ1n) is 5.61. The van der Waals surface area contributed by atoms with Gasteiger partial charge in [0.15, 0.2) is 0 Å². The zero-order chi connectivity index (χ0) is 13.0. The number of nitrogens with one attached hydrogen (secondary N) is 1. The van der Waals surface area contributed by atoms with Gasteiger partial charge in [0.05, 0.1) is 0 Å². The van der Waals surface area contributed by atoms with Crippen LogP contribution >= 0.6 is 15.9 Å². The van der Waals surface area contributed by atoms with Crippen molar-refractivity contribution in [1.29, 1.82) is 0 Å². The normalized spacial score (nSPS) is 14.2. The number of hydrogen-bond donors (Lipinski definition) is 1. The molecule has 1 aromatic carbocycles. The standard InChI is InChI=1S/C13H17BrFNO/c1-8-6-11(4-5-12(8)15)13(17)16-10(3)7-9(2)14/h4-6,9-10H,7H2,1-3H3,(H,16,17). The number of hydrogen-bond acceptors (Lipinski definition) is 1. The molecule has 0 aliphatic heterocycles. The molecule has 1 aromatic rings. The fourth-order valence-corrected chi connectivity index (χ4v) is 2.20. The fourth-order valence-electron chi connectivity index (χ4n) is 1.64. The Morgan fingerprint density at radius 2 is 2.12 bits per heavy atom. The highest BCUT2D eigenvalue weighted by Gasteiger charge is 2.12. The molecule has 0 aromatic heterocycles. The molecule has 17 heavy (non-hydrogen) atoms. The van der Waals surface area contributed by atoms with Gasteiger partial charge in [0.1, 0.15) is 5.82 Å². The molecule has 0 fully saturated rings. The van der Waals surface area contributed by atoms with E-state index in [2.05, 4.69) is 21.2 Å². The van der Waals surface area contributed by atoms with Crippen LogP contribution < -0.4 is 5.32 Å². The monoisotopic (exact) mass is 301 g/mol. The Morgan fingerprint density at radius 3 is 2.65 bits per heavy atom. The third-order valence-corrected chi connectivity index (χ3v) is 2.85. The van der Waals surface area contributed by atoms with E-state index in [1.54, 1.807) is 13.0 Å². The van der Waals surface area contributed by atoms with Gasteiger partial charge in [-0.25, -0.2) is 4.39 Å². The highest BCUT2D eigenvalue weighted by molar-refractivity contribution is 9.09. The molecule has 0 heterocycles. The van der Waals surface area contributed by atoms with E-state index < -0.39 is 0 Å². The second-order valence-corrected chi connectivity index (χ2v) is 5.92. The largest absolute Gasteiger partial charge is 0.350 e. The summed E-state index contributed by atoms with van der Waals surface area (Å²) < 4.78 is 13.1. The van der Waals surface area contributed by atoms with Crippen molar-refractivity contribution in [1.82, 2.24) is 5.32 Å². The van der Waals surface area contributed by atoms with Gasteiger partial charge in [0, 0.05) is 16.4 Å². The Labute approximate surface area is 110 Å². The van der Waals surface area contributed by atoms with Gasteiger partial charge in [-0.3, -0.25) is 4.79 Å². The molecule has 0 saturated heterocycles. The molecule has 0 aliphatic carbocycles. The lowest BCUT2D eigenvalue weighted by Crippen LogP contribution is -2.33. The molecule has 0 spiro atoms. The molecule has 1 rings (SSSR count). The fraction of sp³-hybridized carbons (Fsp3) is 0.462. The molecule has 1 N–H and O–H groups in total. The number of carbonyl (C=O) groups is 1. The van der Waals surface area contributed by atoms with Crippen LogP contribution in [0.4, 0.5) is 4.39 Å². The summed E-state index contributed by atoms with van der Waals surface area (Å²) in [6.45, 7) is 5.63. The lowest BCUT2D eigenvalue weighted by Gasteiger charge is -2.15. The SMILES string of the molecule is Cc1cc(C(=O)NC(C)CC(C)Br)ccc1F. The summed E-state index contributed by atoms with van der Waals surface area (Å²) in [4.78, 5) is 12.2. The van der Waals surface area contributed by atoms with Gasteiger partial charge in [0.2, 0.25) is 0 Å². The van der Waals surface area contributed by atoms with Crippen molar-refractivity contribution >= 4 is 21.8 Å². The molecular formula is C13H17BrFNO. The minimum absolute atomic E-state index is 0.0854. The number of carbonyl (C=O) groups excluding carboxylic acids is 1. The predicted octanol–water partition coefficient (Wildman–Crippen LogP) is 3.43. The number of benzene rings is 1. The molecule has 2 nitrogen and oxygen atoms in total. The van der Waals surface area contributed by atoms with E-state index in [4.69, 9.17) is 0 Å². The van der Waals surface area contributed by atoms with Gasteiger partial charge in [-0.1, -0.05) is 22.9 Å². The molecule has 2 unspecified atom stereocenters. The molecular weight excluding hydrogens is 285 g/mol. The van der Waals surface area contributed by atoms with Crippen molar-refractivity contribution in [2.75, 3.05) is 0 Å². The van der Waals surface area contributed by atoms with Gasteiger partial charge >= 0.3 is 0 Å². The van der Waals surface area contributed by atoms with Gasteiger partial charge in [-0.05, 0) is 44.0 Å². The van der Waals surface area contributed by atoms with Gasteiger partial charge in [-0.2, -0.15) is 0 Å². The second kappa shape index (κ2) is 6.15. The Bertz CT molecular complexity index is 406. The molecule has 4 heteroatoms. The molecule has 0 aliphatic rings. The van der Waals surface area contributed by atoms with Crippen molar-refractivity contribution in [3.8, 4) is 0 Å². The van der Waals surface area contributed by atoms with E-state index >= 15 is 0 Å². The molecule has 0 saturated carbocycles. The van der Waals surface area contributed by atoms with Crippen LogP contribution in [-0.2, 0) is 0 Å². The zero-order valence-corrected chi connectivity index (χ0v) is 11.8. The maximum Gasteiger partial charge on any atom is 0.251 e. The summed E-state index contributed by atoms with van der Waals surface area (Å²) in [5.74, 6) is -0.447. The third kappa shape index (κ3) is 4.46. The predicted molar refractivity (Wildman–Crippen MR) is 71.1 cm³/mol. The molecule has 2 atom stereocenters. The van der Waals surface area contributed by atoms with E-state index in [1.807, 2.05) is 13.8 Å². The topological polar surface area (TPSA) is 29.1 Å². The van der Waals surface area contributed by atoms with Crippen LogP contribution in [0.5, 0.6) is 0 Å². The van der Waals surface area contributed by atoms with Crippen molar-refractivity contribution in [3.05, 3.63) is 35.1 Å². The summed E-state index contributed by atoms with van der Waals surface area (Å²) in [6, 6.07) is 4.47. The van der Waals surface area contributed by atoms with Crippen molar-refractivity contribution < 1.29 is 9.18 Å². The second-order valence-electron chi connectivity index (χ2n) is 4.35. The van der Waals surface area contributed by atoms with E-state index in [9.17, 15) is 9.18 Å². The number of alkyl halides is 1. The van der Waals surface area contributed by atoms with E-state index in [-0.39, 0.29) is 17.8 Å². The summed E-state index contributed by atoms with van der Waals surface area (Å²) >= 11 is 3.44. The van der Waals surface area contributed by atoms with Crippen LogP contribution in [-0.4, -0.2) is 16.8 Å². The van der Waals surface area contributed by atoms with E-state index in [0.29, 0.717) is 16.0 Å². The van der Waals surface area contributed by atoms with Crippen LogP contribution in [0.25, 0.3) is 0 Å². The minimum Gasteiger partial charge on any atom is -0.350 e. The van der Waals surface area contributed by atoms with Crippen LogP contribution in [0.2, 0.25) is 0 Å². The average molecular weight is 302 g/mol. The summed E-state index contributed by atoms with van der Waals surface area (Å²) in [7, 11) is 0. The third-order valence-electron chi connectivity index (χ3n) is 2.48. The average Bonchev–Trinajstić information content (AvgIpc) is 2.20. The van der Waals surface area contributed by atoms with Gasteiger partial charge in [0.25, 0.3) is 5.91 Å². The van der Waals surface area contributed by atoms with Crippen LogP contribution in [0.3, 0.4) is 0 Å². The quantitative estimate of drug-likeness (QED) is 0.848. The van der Waals surface area contributed by atoms with Crippen LogP contribution in [0.1, 0.15) is 36.2 Å². The summed E-state index contributed by atoms with van der Waals surface area (Å²) in [5, 5.41) is 2.88. The zero-order valence-electron chi connectivity index (χ0n) is 10.3. The van der Waals surface area contributed by atoms with Crippen LogP contribution in [0, 0.1) is 12.7 Å². The Balaban J connectivity index is 2.66. The molecule has 0 bridgehead atoms. The summed E-state index contributed by atoms with van der Waals surface area (Å²) in [6.07, 6.45) is 0.853. The summed E-state index contributed by atoms with van der Waals surface area (Å²) in [5.41, 5.74) is 0.983. The van der Waals surface area contributed by atoms with Gasteiger partial charge in [-0.15, -0.1) is 0 Å². The van der Waals surface area contributed by atoms with Crippen LogP contribution in [0.15, 0.2) is 18.2 Å². The van der Waals surface area contributed by atoms with E-state index in [1.165, 1.54) is 12.1 Å². The number of halogens is 2. The molecule has 94 valence electrons. The lowest BCUT2D eigenvalue weighted by molar-refractivity contribution is 0.0938.